The number of nitrogens with zero attached hydrogens (tertiary/aromatic N) is 2. The Morgan fingerprint density at radius 2 is 1.78 bits per heavy atom. The van der Waals surface area contributed by atoms with Crippen LogP contribution in [-0.4, -0.2) is 41.8 Å². The fourth-order valence-electron chi connectivity index (χ4n) is 3.02. The highest BCUT2D eigenvalue weighted by Gasteiger charge is 2.25. The van der Waals surface area contributed by atoms with Crippen molar-refractivity contribution in [3.8, 4) is 0 Å². The van der Waals surface area contributed by atoms with Crippen molar-refractivity contribution in [2.24, 2.45) is 4.99 Å². The number of hydrogen-bond donors (Lipinski definition) is 3. The second-order valence-electron chi connectivity index (χ2n) is 8.01. The van der Waals surface area contributed by atoms with Gasteiger partial charge in [0.05, 0.1) is 12.2 Å². The Labute approximate surface area is 166 Å². The first-order valence-corrected chi connectivity index (χ1v) is 10.4. The molecule has 0 aliphatic heterocycles. The van der Waals surface area contributed by atoms with Gasteiger partial charge in [0.25, 0.3) is 0 Å². The highest BCUT2D eigenvalue weighted by atomic mass is 32.1. The van der Waals surface area contributed by atoms with E-state index in [1.807, 2.05) is 27.7 Å². The van der Waals surface area contributed by atoms with E-state index in [1.54, 1.807) is 18.4 Å². The number of rotatable bonds is 4. The van der Waals surface area contributed by atoms with Crippen molar-refractivity contribution in [3.05, 3.63) is 15.6 Å². The molecule has 1 aliphatic carbocycles. The molecule has 0 aromatic carbocycles. The summed E-state index contributed by atoms with van der Waals surface area (Å²) in [6.07, 6.45) is 3.50. The number of amides is 1. The molecule has 2 rings (SSSR count). The Hall–Kier alpha value is -1.83. The lowest BCUT2D eigenvalue weighted by molar-refractivity contribution is 0.0490. The van der Waals surface area contributed by atoms with Crippen molar-refractivity contribution < 1.29 is 9.53 Å². The quantitative estimate of drug-likeness (QED) is 0.538. The average Bonchev–Trinajstić information content (AvgIpc) is 2.89. The minimum atomic E-state index is -0.463. The number of guanidine groups is 1. The van der Waals surface area contributed by atoms with Crippen LogP contribution in [0.3, 0.4) is 0 Å². The predicted octanol–water partition coefficient (Wildman–Crippen LogP) is 3.26. The average molecular weight is 396 g/mol. The second kappa shape index (κ2) is 9.39. The summed E-state index contributed by atoms with van der Waals surface area (Å²) in [7, 11) is 1.78. The van der Waals surface area contributed by atoms with Crippen LogP contribution in [0.25, 0.3) is 0 Å². The first-order chi connectivity index (χ1) is 12.7. The molecule has 0 atom stereocenters. The first-order valence-electron chi connectivity index (χ1n) is 9.56. The van der Waals surface area contributed by atoms with Gasteiger partial charge in [0, 0.05) is 24.0 Å². The van der Waals surface area contributed by atoms with Gasteiger partial charge in [-0.15, -0.1) is 11.3 Å². The molecule has 152 valence electrons. The number of carbonyl (C=O) groups excluding carboxylic acids is 1. The van der Waals surface area contributed by atoms with Crippen molar-refractivity contribution in [2.45, 2.75) is 84.5 Å². The highest BCUT2D eigenvalue weighted by molar-refractivity contribution is 7.11. The van der Waals surface area contributed by atoms with Gasteiger partial charge in [0.1, 0.15) is 10.6 Å². The van der Waals surface area contributed by atoms with E-state index in [0.29, 0.717) is 12.6 Å². The molecule has 0 radical (unpaired) electrons. The Bertz CT molecular complexity index is 638. The Balaban J connectivity index is 1.72. The Morgan fingerprint density at radius 3 is 2.26 bits per heavy atom. The highest BCUT2D eigenvalue weighted by Crippen LogP contribution is 2.20. The zero-order valence-electron chi connectivity index (χ0n) is 17.3. The fraction of sp³-hybridized carbons (Fsp3) is 0.737. The summed E-state index contributed by atoms with van der Waals surface area (Å²) in [6.45, 7) is 10.4. The predicted molar refractivity (Wildman–Crippen MR) is 110 cm³/mol. The van der Waals surface area contributed by atoms with Gasteiger partial charge in [-0.2, -0.15) is 0 Å². The van der Waals surface area contributed by atoms with Gasteiger partial charge in [0.2, 0.25) is 0 Å². The monoisotopic (exact) mass is 395 g/mol. The van der Waals surface area contributed by atoms with Crippen molar-refractivity contribution >= 4 is 23.4 Å². The normalized spacial score (nSPS) is 20.9. The number of alkyl carbamates (subject to hydrolysis) is 1. The minimum absolute atomic E-state index is 0.175. The van der Waals surface area contributed by atoms with Crippen LogP contribution in [0.4, 0.5) is 4.79 Å². The number of aliphatic imine (C=N–C) groups is 1. The van der Waals surface area contributed by atoms with Crippen LogP contribution in [0.2, 0.25) is 0 Å². The van der Waals surface area contributed by atoms with Gasteiger partial charge in [-0.3, -0.25) is 4.99 Å². The fourth-order valence-corrected chi connectivity index (χ4v) is 3.89. The van der Waals surface area contributed by atoms with E-state index in [9.17, 15) is 4.79 Å². The standard InChI is InChI=1S/C19H33N5O2S/c1-12-13(2)27-16(22-12)11-21-17(20-6)23-14-7-9-15(10-8-14)24-18(25)26-19(3,4)5/h14-15H,7-11H2,1-6H3,(H,24,25)(H2,20,21,23). The van der Waals surface area contributed by atoms with E-state index in [-0.39, 0.29) is 12.1 Å². The number of carbonyl (C=O) groups is 1. The minimum Gasteiger partial charge on any atom is -0.444 e. The molecule has 8 heteroatoms. The zero-order valence-corrected chi connectivity index (χ0v) is 18.1. The van der Waals surface area contributed by atoms with Crippen LogP contribution in [0.5, 0.6) is 0 Å². The van der Waals surface area contributed by atoms with Crippen LogP contribution >= 0.6 is 11.3 Å². The first kappa shape index (κ1) is 21.5. The molecular weight excluding hydrogens is 362 g/mol. The van der Waals surface area contributed by atoms with Crippen molar-refractivity contribution in [2.75, 3.05) is 7.05 Å². The lowest BCUT2D eigenvalue weighted by Crippen LogP contribution is -2.47. The molecule has 0 bridgehead atoms. The number of aryl methyl sites for hydroxylation is 2. The number of ether oxygens (including phenoxy) is 1. The summed E-state index contributed by atoms with van der Waals surface area (Å²) >= 11 is 1.71. The second-order valence-corrected chi connectivity index (χ2v) is 9.30. The molecule has 0 saturated heterocycles. The largest absolute Gasteiger partial charge is 0.444 e. The third-order valence-corrected chi connectivity index (χ3v) is 5.57. The maximum atomic E-state index is 11.9. The summed E-state index contributed by atoms with van der Waals surface area (Å²) in [4.78, 5) is 22.0. The molecule has 1 aromatic rings. The molecule has 7 nitrogen and oxygen atoms in total. The van der Waals surface area contributed by atoms with Crippen LogP contribution in [0.15, 0.2) is 4.99 Å². The molecule has 1 amide bonds. The van der Waals surface area contributed by atoms with E-state index in [0.717, 1.165) is 42.3 Å². The van der Waals surface area contributed by atoms with Crippen LogP contribution in [-0.2, 0) is 11.3 Å². The molecule has 3 N–H and O–H groups in total. The van der Waals surface area contributed by atoms with Gasteiger partial charge in [-0.25, -0.2) is 9.78 Å². The van der Waals surface area contributed by atoms with Gasteiger partial charge >= 0.3 is 6.09 Å². The van der Waals surface area contributed by atoms with E-state index in [1.165, 1.54) is 4.88 Å². The molecule has 0 unspecified atom stereocenters. The van der Waals surface area contributed by atoms with E-state index in [4.69, 9.17) is 4.74 Å². The van der Waals surface area contributed by atoms with Crippen LogP contribution < -0.4 is 16.0 Å². The lowest BCUT2D eigenvalue weighted by Gasteiger charge is -2.31. The van der Waals surface area contributed by atoms with Crippen molar-refractivity contribution in [1.82, 2.24) is 20.9 Å². The van der Waals surface area contributed by atoms with Gasteiger partial charge in [-0.05, 0) is 60.3 Å². The molecule has 1 fully saturated rings. The summed E-state index contributed by atoms with van der Waals surface area (Å²) in [5, 5.41) is 10.9. The lowest BCUT2D eigenvalue weighted by atomic mass is 9.91. The zero-order chi connectivity index (χ0) is 20.0. The van der Waals surface area contributed by atoms with Gasteiger partial charge < -0.3 is 20.7 Å². The maximum absolute atomic E-state index is 11.9. The number of aromatic nitrogens is 1. The number of thiazole rings is 1. The molecule has 27 heavy (non-hydrogen) atoms. The Morgan fingerprint density at radius 1 is 1.19 bits per heavy atom. The van der Waals surface area contributed by atoms with E-state index >= 15 is 0 Å². The number of nitrogens with one attached hydrogen (secondary N) is 3. The van der Waals surface area contributed by atoms with Gasteiger partial charge in [-0.1, -0.05) is 0 Å². The molecule has 1 aliphatic rings. The van der Waals surface area contributed by atoms with Gasteiger partial charge in [0.15, 0.2) is 5.96 Å². The summed E-state index contributed by atoms with van der Waals surface area (Å²) in [6, 6.07) is 0.529. The maximum Gasteiger partial charge on any atom is 0.407 e. The number of hydrogen-bond acceptors (Lipinski definition) is 5. The van der Waals surface area contributed by atoms with Crippen LogP contribution in [0, 0.1) is 13.8 Å². The smallest absolute Gasteiger partial charge is 0.407 e. The molecule has 0 spiro atoms. The third kappa shape index (κ3) is 7.36. The Kier molecular flexibility index (Phi) is 7.47. The van der Waals surface area contributed by atoms with E-state index < -0.39 is 5.60 Å². The van der Waals surface area contributed by atoms with Crippen molar-refractivity contribution in [1.29, 1.82) is 0 Å². The summed E-state index contributed by atoms with van der Waals surface area (Å²) < 4.78 is 5.33. The molecule has 1 aromatic heterocycles. The van der Waals surface area contributed by atoms with Crippen molar-refractivity contribution in [3.63, 3.8) is 0 Å². The topological polar surface area (TPSA) is 87.6 Å². The SMILES string of the molecule is CN=C(NCc1nc(C)c(C)s1)NC1CCC(NC(=O)OC(C)(C)C)CC1. The molecule has 1 heterocycles. The summed E-state index contributed by atoms with van der Waals surface area (Å²) in [5.41, 5.74) is 0.630. The van der Waals surface area contributed by atoms with E-state index in [2.05, 4.69) is 32.9 Å². The third-order valence-electron chi connectivity index (χ3n) is 4.49. The molecule has 1 saturated carbocycles. The summed E-state index contributed by atoms with van der Waals surface area (Å²) in [5.74, 6) is 0.795. The molecular formula is C19H33N5O2S. The van der Waals surface area contributed by atoms with Crippen LogP contribution in [0.1, 0.15) is 62.0 Å².